The Morgan fingerprint density at radius 2 is 1.25 bits per heavy atom. The zero-order chi connectivity index (χ0) is 40.5. The first-order valence-electron chi connectivity index (χ1n) is 21.9. The van der Waals surface area contributed by atoms with Gasteiger partial charge in [0.05, 0.1) is 12.5 Å². The molecule has 0 N–H and O–H groups in total. The van der Waals surface area contributed by atoms with Gasteiger partial charge in [0.15, 0.2) is 0 Å². The molecule has 4 rings (SSSR count). The van der Waals surface area contributed by atoms with Gasteiger partial charge >= 0.3 is 29.8 Å². The van der Waals surface area contributed by atoms with Crippen molar-refractivity contribution in [3.63, 3.8) is 0 Å². The molecule has 13 atom stereocenters. The second-order valence-corrected chi connectivity index (χ2v) is 18.5. The second kappa shape index (κ2) is 20.2. The highest BCUT2D eigenvalue weighted by Crippen LogP contribution is 2.66. The summed E-state index contributed by atoms with van der Waals surface area (Å²) in [6.45, 7) is 17.0. The molecule has 1 saturated heterocycles. The van der Waals surface area contributed by atoms with Crippen molar-refractivity contribution in [3.05, 3.63) is 0 Å². The third-order valence-electron chi connectivity index (χ3n) is 14.7. The van der Waals surface area contributed by atoms with Crippen LogP contribution in [-0.4, -0.2) is 60.9 Å². The highest BCUT2D eigenvalue weighted by atomic mass is 16.6. The number of hydrogen-bond acceptors (Lipinski definition) is 10. The van der Waals surface area contributed by atoms with Crippen molar-refractivity contribution in [2.24, 2.45) is 52.3 Å². The predicted molar refractivity (Wildman–Crippen MR) is 209 cm³/mol. The van der Waals surface area contributed by atoms with Crippen LogP contribution in [0, 0.1) is 52.3 Å². The number of rotatable bonds is 19. The summed E-state index contributed by atoms with van der Waals surface area (Å²) < 4.78 is 29.8. The summed E-state index contributed by atoms with van der Waals surface area (Å²) in [6.07, 6.45) is 15.3. The summed E-state index contributed by atoms with van der Waals surface area (Å²) >= 11 is 0. The first-order valence-corrected chi connectivity index (χ1v) is 21.9. The lowest BCUT2D eigenvalue weighted by Gasteiger charge is -2.56. The highest BCUT2D eigenvalue weighted by Gasteiger charge is 2.64. The maximum atomic E-state index is 13.7. The molecule has 4 aliphatic rings. The first-order chi connectivity index (χ1) is 26.0. The summed E-state index contributed by atoms with van der Waals surface area (Å²) in [5, 5.41) is 0. The molecule has 4 fully saturated rings. The number of cyclic esters (lactones) is 1. The second-order valence-electron chi connectivity index (χ2n) is 18.5. The maximum absolute atomic E-state index is 13.7. The predicted octanol–water partition coefficient (Wildman–Crippen LogP) is 9.33. The Hall–Kier alpha value is -2.65. The van der Waals surface area contributed by atoms with Gasteiger partial charge in [-0.15, -0.1) is 0 Å². The van der Waals surface area contributed by atoms with Gasteiger partial charge in [0, 0.05) is 40.0 Å². The summed E-state index contributed by atoms with van der Waals surface area (Å²) in [7, 11) is 0. The highest BCUT2D eigenvalue weighted by molar-refractivity contribution is 5.75. The topological polar surface area (TPSA) is 132 Å². The minimum absolute atomic E-state index is 0.0240. The Labute approximate surface area is 331 Å². The summed E-state index contributed by atoms with van der Waals surface area (Å²) in [5.74, 6) is -1.73. The van der Waals surface area contributed by atoms with Crippen LogP contribution in [0.1, 0.15) is 171 Å². The van der Waals surface area contributed by atoms with Crippen molar-refractivity contribution < 1.29 is 47.7 Å². The fraction of sp³-hybridized carbons (Fsp3) is 0.889. The molecular weight excluding hydrogens is 700 g/mol. The third-order valence-corrected chi connectivity index (χ3v) is 14.7. The van der Waals surface area contributed by atoms with Crippen LogP contribution in [0.4, 0.5) is 0 Å². The smallest absolute Gasteiger partial charge is 0.309 e. The Morgan fingerprint density at radius 1 is 0.709 bits per heavy atom. The van der Waals surface area contributed by atoms with Crippen molar-refractivity contribution in [2.45, 2.75) is 196 Å². The average Bonchev–Trinajstić information content (AvgIpc) is 3.41. The van der Waals surface area contributed by atoms with Gasteiger partial charge in [-0.1, -0.05) is 98.8 Å². The molecule has 0 unspecified atom stereocenters. The van der Waals surface area contributed by atoms with Crippen LogP contribution >= 0.6 is 0 Å². The molecule has 0 radical (unpaired) electrons. The van der Waals surface area contributed by atoms with Gasteiger partial charge in [0.2, 0.25) is 0 Å². The molecule has 0 aromatic heterocycles. The standard InChI is InChI=1S/C45H74O10/c1-10-11-12-13-14-15-16-17-18-19-20-28(2)41(54-32(6)48)42(55-33(7)49)29(3)35-21-22-36-34-27-51-43(50)38-25-39(52-30(4)46)40(53-31(5)47)26-45(38,9)37(34)23-24-44(35,36)8/h28-29,34-42H,10-27H2,1-9H3/t28-,29-,34-,35+,36-,37-,38+,39-,40+,41+,42+,44+,45+/m0/s1. The monoisotopic (exact) mass is 775 g/mol. The molecule has 0 bridgehead atoms. The molecule has 0 spiro atoms. The molecule has 0 aromatic rings. The molecule has 0 aromatic carbocycles. The number of hydrogen-bond donors (Lipinski definition) is 0. The molecule has 314 valence electrons. The lowest BCUT2D eigenvalue weighted by atomic mass is 9.48. The maximum Gasteiger partial charge on any atom is 0.309 e. The van der Waals surface area contributed by atoms with Crippen LogP contribution < -0.4 is 0 Å². The van der Waals surface area contributed by atoms with Crippen molar-refractivity contribution >= 4 is 29.8 Å². The molecular formula is C45H74O10. The third kappa shape index (κ3) is 11.1. The Morgan fingerprint density at radius 3 is 1.84 bits per heavy atom. The lowest BCUT2D eigenvalue weighted by molar-refractivity contribution is -0.188. The quantitative estimate of drug-likeness (QED) is 0.0711. The van der Waals surface area contributed by atoms with Gasteiger partial charge in [0.25, 0.3) is 0 Å². The van der Waals surface area contributed by atoms with Crippen molar-refractivity contribution in [1.29, 1.82) is 0 Å². The van der Waals surface area contributed by atoms with E-state index < -0.39 is 47.7 Å². The zero-order valence-corrected chi connectivity index (χ0v) is 35.7. The minimum atomic E-state index is -0.704. The van der Waals surface area contributed by atoms with E-state index in [0.717, 1.165) is 44.9 Å². The van der Waals surface area contributed by atoms with E-state index in [1.807, 2.05) is 0 Å². The normalized spacial score (nSPS) is 33.6. The SMILES string of the molecule is CCCCCCCCCCCC[C@H](C)[C@@H](OC(C)=O)[C@H](OC(C)=O)[C@@H](C)[C@H]1CC[C@H]2[C@@H]3COC(=O)[C@H]4C[C@H](OC(C)=O)[C@H](OC(C)=O)C[C@]4(C)[C@H]3CC[C@]12C. The van der Waals surface area contributed by atoms with Crippen molar-refractivity contribution in [3.8, 4) is 0 Å². The van der Waals surface area contributed by atoms with Crippen LogP contribution in [0.2, 0.25) is 0 Å². The molecule has 1 heterocycles. The molecule has 3 aliphatic carbocycles. The van der Waals surface area contributed by atoms with Gasteiger partial charge in [0.1, 0.15) is 24.4 Å². The van der Waals surface area contributed by atoms with Gasteiger partial charge in [-0.2, -0.15) is 0 Å². The molecule has 10 heteroatoms. The number of carbonyl (C=O) groups is 5. The largest absolute Gasteiger partial charge is 0.465 e. The van der Waals surface area contributed by atoms with Gasteiger partial charge in [-0.25, -0.2) is 0 Å². The summed E-state index contributed by atoms with van der Waals surface area (Å²) in [6, 6.07) is 0. The summed E-state index contributed by atoms with van der Waals surface area (Å²) in [4.78, 5) is 63.3. The van der Waals surface area contributed by atoms with Crippen LogP contribution in [0.5, 0.6) is 0 Å². The van der Waals surface area contributed by atoms with E-state index in [2.05, 4.69) is 34.6 Å². The van der Waals surface area contributed by atoms with E-state index in [4.69, 9.17) is 23.7 Å². The summed E-state index contributed by atoms with van der Waals surface area (Å²) in [5.41, 5.74) is -0.628. The zero-order valence-electron chi connectivity index (χ0n) is 35.7. The number of esters is 5. The number of ether oxygens (including phenoxy) is 5. The Kier molecular flexibility index (Phi) is 16.5. The van der Waals surface area contributed by atoms with Crippen LogP contribution in [0.3, 0.4) is 0 Å². The average molecular weight is 775 g/mol. The van der Waals surface area contributed by atoms with Crippen molar-refractivity contribution in [1.82, 2.24) is 0 Å². The van der Waals surface area contributed by atoms with E-state index in [9.17, 15) is 24.0 Å². The fourth-order valence-corrected chi connectivity index (χ4v) is 12.0. The molecule has 3 saturated carbocycles. The number of carbonyl (C=O) groups excluding carboxylic acids is 5. The number of unbranched alkanes of at least 4 members (excludes halogenated alkanes) is 9. The molecule has 55 heavy (non-hydrogen) atoms. The van der Waals surface area contributed by atoms with E-state index in [0.29, 0.717) is 13.0 Å². The van der Waals surface area contributed by atoms with Gasteiger partial charge in [-0.3, -0.25) is 24.0 Å². The lowest BCUT2D eigenvalue weighted by Crippen LogP contribution is -2.56. The Bertz CT molecular complexity index is 1310. The first kappa shape index (κ1) is 45.1. The van der Waals surface area contributed by atoms with Crippen molar-refractivity contribution in [2.75, 3.05) is 6.61 Å². The minimum Gasteiger partial charge on any atom is -0.465 e. The Balaban J connectivity index is 1.50. The van der Waals surface area contributed by atoms with Gasteiger partial charge < -0.3 is 23.7 Å². The van der Waals surface area contributed by atoms with Crippen LogP contribution in [0.15, 0.2) is 0 Å². The van der Waals surface area contributed by atoms with E-state index >= 15 is 0 Å². The molecule has 10 nitrogen and oxygen atoms in total. The van der Waals surface area contributed by atoms with E-state index in [1.165, 1.54) is 79.1 Å². The molecule has 1 aliphatic heterocycles. The van der Waals surface area contributed by atoms with E-state index in [1.54, 1.807) is 0 Å². The number of fused-ring (bicyclic) bond motifs is 5. The van der Waals surface area contributed by atoms with Crippen LogP contribution in [-0.2, 0) is 47.7 Å². The molecule has 0 amide bonds. The van der Waals surface area contributed by atoms with Gasteiger partial charge in [-0.05, 0) is 78.9 Å². The van der Waals surface area contributed by atoms with E-state index in [-0.39, 0.29) is 65.3 Å². The fourth-order valence-electron chi connectivity index (χ4n) is 12.0. The van der Waals surface area contributed by atoms with Crippen LogP contribution in [0.25, 0.3) is 0 Å².